The number of nitrogens with zero attached hydrogens (tertiary/aromatic N) is 2. The molecule has 3 nitrogen and oxygen atoms in total. The minimum absolute atomic E-state index is 0.192. The first kappa shape index (κ1) is 15.9. The number of hydrogen-bond acceptors (Lipinski definition) is 3. The first-order valence-corrected chi connectivity index (χ1v) is 7.40. The largest absolute Gasteiger partial charge is 0.306 e. The molecule has 1 atom stereocenters. The van der Waals surface area contributed by atoms with E-state index in [1.807, 2.05) is 19.9 Å². The van der Waals surface area contributed by atoms with Gasteiger partial charge in [-0.05, 0) is 62.2 Å². The summed E-state index contributed by atoms with van der Waals surface area (Å²) in [6.07, 6.45) is 0.972. The van der Waals surface area contributed by atoms with Crippen molar-refractivity contribution in [2.45, 2.75) is 33.2 Å². The van der Waals surface area contributed by atoms with Gasteiger partial charge >= 0.3 is 0 Å². The molecule has 1 heterocycles. The quantitative estimate of drug-likeness (QED) is 0.908. The van der Waals surface area contributed by atoms with Crippen LogP contribution in [0.2, 0.25) is 5.02 Å². The van der Waals surface area contributed by atoms with Gasteiger partial charge in [-0.3, -0.25) is 0 Å². The van der Waals surface area contributed by atoms with Crippen LogP contribution in [0.3, 0.4) is 0 Å². The van der Waals surface area contributed by atoms with E-state index in [1.54, 1.807) is 6.07 Å². The van der Waals surface area contributed by atoms with Crippen LogP contribution >= 0.6 is 11.6 Å². The predicted octanol–water partition coefficient (Wildman–Crippen LogP) is 3.97. The van der Waals surface area contributed by atoms with Crippen LogP contribution in [0.1, 0.15) is 41.9 Å². The van der Waals surface area contributed by atoms with Crippen molar-refractivity contribution < 1.29 is 4.39 Å². The summed E-state index contributed by atoms with van der Waals surface area (Å²) in [4.78, 5) is 0. The number of rotatable bonds is 5. The third kappa shape index (κ3) is 3.77. The van der Waals surface area contributed by atoms with Gasteiger partial charge in [-0.2, -0.15) is 10.2 Å². The van der Waals surface area contributed by atoms with Crippen LogP contribution < -0.4 is 5.32 Å². The van der Waals surface area contributed by atoms with Gasteiger partial charge in [-0.25, -0.2) is 4.39 Å². The summed E-state index contributed by atoms with van der Waals surface area (Å²) in [6, 6.07) is 6.21. The highest BCUT2D eigenvalue weighted by Gasteiger charge is 2.20. The van der Waals surface area contributed by atoms with Gasteiger partial charge in [0.05, 0.1) is 17.4 Å². The minimum Gasteiger partial charge on any atom is -0.306 e. The van der Waals surface area contributed by atoms with Crippen LogP contribution in [0.25, 0.3) is 0 Å². The van der Waals surface area contributed by atoms with Crippen LogP contribution in [-0.4, -0.2) is 16.7 Å². The molecule has 1 N–H and O–H groups in total. The molecule has 0 fully saturated rings. The second kappa shape index (κ2) is 6.96. The Bertz CT molecular complexity index is 579. The standard InChI is InChI=1S/C16H19ClFN3/c1-4-7-19-16(13-8-10(2)20-21-11(13)3)14-9-12(18)5-6-15(14)17/h5-6,8-9,16,19H,4,7H2,1-3H3. The highest BCUT2D eigenvalue weighted by molar-refractivity contribution is 6.31. The van der Waals surface area contributed by atoms with Crippen molar-refractivity contribution in [2.75, 3.05) is 6.54 Å². The molecular formula is C16H19ClFN3. The lowest BCUT2D eigenvalue weighted by Gasteiger charge is -2.22. The van der Waals surface area contributed by atoms with Crippen molar-refractivity contribution in [3.8, 4) is 0 Å². The molecule has 1 unspecified atom stereocenters. The second-order valence-corrected chi connectivity index (χ2v) is 5.49. The summed E-state index contributed by atoms with van der Waals surface area (Å²) in [5, 5.41) is 12.2. The first-order chi connectivity index (χ1) is 10.0. The molecule has 0 saturated heterocycles. The maximum Gasteiger partial charge on any atom is 0.123 e. The van der Waals surface area contributed by atoms with Crippen LogP contribution in [0.15, 0.2) is 24.3 Å². The van der Waals surface area contributed by atoms with E-state index in [1.165, 1.54) is 12.1 Å². The summed E-state index contributed by atoms with van der Waals surface area (Å²) >= 11 is 6.27. The van der Waals surface area contributed by atoms with Crippen molar-refractivity contribution in [3.63, 3.8) is 0 Å². The van der Waals surface area contributed by atoms with Crippen molar-refractivity contribution in [2.24, 2.45) is 0 Å². The molecule has 0 saturated carbocycles. The molecule has 0 aliphatic carbocycles. The van der Waals surface area contributed by atoms with E-state index >= 15 is 0 Å². The van der Waals surface area contributed by atoms with E-state index in [-0.39, 0.29) is 11.9 Å². The van der Waals surface area contributed by atoms with E-state index in [0.29, 0.717) is 5.02 Å². The number of nitrogens with one attached hydrogen (secondary N) is 1. The molecule has 0 aliphatic rings. The Morgan fingerprint density at radius 2 is 1.95 bits per heavy atom. The van der Waals surface area contributed by atoms with E-state index in [9.17, 15) is 4.39 Å². The molecular weight excluding hydrogens is 289 g/mol. The number of aromatic nitrogens is 2. The summed E-state index contributed by atoms with van der Waals surface area (Å²) in [6.45, 7) is 6.67. The van der Waals surface area contributed by atoms with Crippen LogP contribution in [0.5, 0.6) is 0 Å². The fourth-order valence-electron chi connectivity index (χ4n) is 2.27. The van der Waals surface area contributed by atoms with Gasteiger partial charge in [0.15, 0.2) is 0 Å². The number of halogens is 2. The average molecular weight is 308 g/mol. The first-order valence-electron chi connectivity index (χ1n) is 7.02. The van der Waals surface area contributed by atoms with E-state index in [2.05, 4.69) is 22.4 Å². The van der Waals surface area contributed by atoms with Crippen molar-refractivity contribution in [3.05, 3.63) is 57.6 Å². The topological polar surface area (TPSA) is 37.8 Å². The fraction of sp³-hybridized carbons (Fsp3) is 0.375. The van der Waals surface area contributed by atoms with Crippen molar-refractivity contribution in [1.82, 2.24) is 15.5 Å². The van der Waals surface area contributed by atoms with Crippen molar-refractivity contribution in [1.29, 1.82) is 0 Å². The fourth-order valence-corrected chi connectivity index (χ4v) is 2.50. The molecule has 5 heteroatoms. The number of benzene rings is 1. The Hall–Kier alpha value is -1.52. The van der Waals surface area contributed by atoms with Gasteiger partial charge in [-0.1, -0.05) is 18.5 Å². The molecule has 0 bridgehead atoms. The number of hydrogen-bond donors (Lipinski definition) is 1. The molecule has 2 aromatic rings. The molecule has 0 aliphatic heterocycles. The minimum atomic E-state index is -0.297. The van der Waals surface area contributed by atoms with Crippen LogP contribution in [-0.2, 0) is 0 Å². The smallest absolute Gasteiger partial charge is 0.123 e. The SMILES string of the molecule is CCCNC(c1cc(F)ccc1Cl)c1cc(C)nnc1C. The van der Waals surface area contributed by atoms with Gasteiger partial charge in [-0.15, -0.1) is 0 Å². The van der Waals surface area contributed by atoms with Crippen LogP contribution in [0, 0.1) is 19.7 Å². The Labute approximate surface area is 129 Å². The molecule has 112 valence electrons. The summed E-state index contributed by atoms with van der Waals surface area (Å²) in [5.41, 5.74) is 3.34. The third-order valence-electron chi connectivity index (χ3n) is 3.32. The molecule has 21 heavy (non-hydrogen) atoms. The van der Waals surface area contributed by atoms with Gasteiger partial charge in [0.1, 0.15) is 5.82 Å². The number of aryl methyl sites for hydroxylation is 2. The predicted molar refractivity (Wildman–Crippen MR) is 83.1 cm³/mol. The molecule has 0 radical (unpaired) electrons. The zero-order valence-electron chi connectivity index (χ0n) is 12.5. The van der Waals surface area contributed by atoms with Crippen molar-refractivity contribution >= 4 is 11.6 Å². The molecule has 2 rings (SSSR count). The van der Waals surface area contributed by atoms with Gasteiger partial charge < -0.3 is 5.32 Å². The zero-order valence-corrected chi connectivity index (χ0v) is 13.2. The third-order valence-corrected chi connectivity index (χ3v) is 3.66. The van der Waals surface area contributed by atoms with E-state index < -0.39 is 0 Å². The van der Waals surface area contributed by atoms with Gasteiger partial charge in [0.2, 0.25) is 0 Å². The average Bonchev–Trinajstić information content (AvgIpc) is 2.46. The van der Waals surface area contributed by atoms with Gasteiger partial charge in [0, 0.05) is 5.02 Å². The highest BCUT2D eigenvalue weighted by atomic mass is 35.5. The lowest BCUT2D eigenvalue weighted by molar-refractivity contribution is 0.580. The lowest BCUT2D eigenvalue weighted by Crippen LogP contribution is -2.25. The second-order valence-electron chi connectivity index (χ2n) is 5.08. The Morgan fingerprint density at radius 3 is 2.67 bits per heavy atom. The lowest BCUT2D eigenvalue weighted by atomic mass is 9.97. The summed E-state index contributed by atoms with van der Waals surface area (Å²) in [7, 11) is 0. The summed E-state index contributed by atoms with van der Waals surface area (Å²) in [5.74, 6) is -0.297. The van der Waals surface area contributed by atoms with E-state index in [4.69, 9.17) is 11.6 Å². The zero-order chi connectivity index (χ0) is 15.4. The maximum absolute atomic E-state index is 13.6. The Morgan fingerprint density at radius 1 is 1.19 bits per heavy atom. The summed E-state index contributed by atoms with van der Waals surface area (Å²) < 4.78 is 13.6. The maximum atomic E-state index is 13.6. The molecule has 1 aromatic carbocycles. The monoisotopic (exact) mass is 307 g/mol. The Kier molecular flexibility index (Phi) is 5.26. The van der Waals surface area contributed by atoms with Crippen LogP contribution in [0.4, 0.5) is 4.39 Å². The normalized spacial score (nSPS) is 12.4. The molecule has 0 amide bonds. The Balaban J connectivity index is 2.52. The van der Waals surface area contributed by atoms with Gasteiger partial charge in [0.25, 0.3) is 0 Å². The van der Waals surface area contributed by atoms with E-state index in [0.717, 1.165) is 35.5 Å². The molecule has 0 spiro atoms. The molecule has 1 aromatic heterocycles. The highest BCUT2D eigenvalue weighted by Crippen LogP contribution is 2.30.